The molecule has 0 aliphatic rings. The standard InChI is InChI=1S/C24H19Cl2N3O2/c25-20-8-10-22(11-9-20)31-16-17-4-6-19(7-5-17)24(30)27-23-12-13-29(28-23)15-18-2-1-3-21(26)14-18/h1-14H,15-16H2,(H,27,28,30). The fourth-order valence-corrected chi connectivity index (χ4v) is 3.32. The smallest absolute Gasteiger partial charge is 0.256 e. The van der Waals surface area contributed by atoms with Gasteiger partial charge in [-0.2, -0.15) is 5.10 Å². The van der Waals surface area contributed by atoms with Crippen LogP contribution in [0.5, 0.6) is 5.75 Å². The molecule has 1 heterocycles. The second kappa shape index (κ2) is 9.69. The first-order chi connectivity index (χ1) is 15.0. The molecule has 0 radical (unpaired) electrons. The van der Waals surface area contributed by atoms with Crippen LogP contribution < -0.4 is 10.1 Å². The number of ether oxygens (including phenoxy) is 1. The van der Waals surface area contributed by atoms with Crippen molar-refractivity contribution in [3.05, 3.63) is 112 Å². The molecule has 0 saturated carbocycles. The average Bonchev–Trinajstić information content (AvgIpc) is 3.20. The average molecular weight is 452 g/mol. The van der Waals surface area contributed by atoms with E-state index in [0.717, 1.165) is 16.9 Å². The Labute approximate surface area is 190 Å². The Kier molecular flexibility index (Phi) is 6.55. The largest absolute Gasteiger partial charge is 0.489 e. The minimum atomic E-state index is -0.224. The van der Waals surface area contributed by atoms with Crippen LogP contribution in [-0.4, -0.2) is 15.7 Å². The van der Waals surface area contributed by atoms with Gasteiger partial charge in [-0.1, -0.05) is 47.5 Å². The van der Waals surface area contributed by atoms with E-state index in [1.807, 2.05) is 54.7 Å². The van der Waals surface area contributed by atoms with Gasteiger partial charge in [0, 0.05) is 27.9 Å². The summed E-state index contributed by atoms with van der Waals surface area (Å²) in [4.78, 5) is 12.5. The molecule has 0 saturated heterocycles. The summed E-state index contributed by atoms with van der Waals surface area (Å²) in [6, 6.07) is 23.8. The topological polar surface area (TPSA) is 56.2 Å². The summed E-state index contributed by atoms with van der Waals surface area (Å²) < 4.78 is 7.47. The summed E-state index contributed by atoms with van der Waals surface area (Å²) >= 11 is 11.9. The van der Waals surface area contributed by atoms with E-state index in [-0.39, 0.29) is 5.91 Å². The molecule has 0 atom stereocenters. The number of nitrogens with one attached hydrogen (secondary N) is 1. The van der Waals surface area contributed by atoms with Gasteiger partial charge in [0.05, 0.1) is 6.54 Å². The minimum Gasteiger partial charge on any atom is -0.489 e. The predicted octanol–water partition coefficient (Wildman–Crippen LogP) is 6.07. The summed E-state index contributed by atoms with van der Waals surface area (Å²) in [7, 11) is 0. The molecule has 0 aliphatic carbocycles. The maximum Gasteiger partial charge on any atom is 0.256 e. The van der Waals surface area contributed by atoms with E-state index >= 15 is 0 Å². The Bertz CT molecular complexity index is 1170. The lowest BCUT2D eigenvalue weighted by atomic mass is 10.1. The third-order valence-corrected chi connectivity index (χ3v) is 5.04. The SMILES string of the molecule is O=C(Nc1ccn(Cc2cccc(Cl)c2)n1)c1ccc(COc2ccc(Cl)cc2)cc1. The van der Waals surface area contributed by atoms with Crippen molar-refractivity contribution in [1.82, 2.24) is 9.78 Å². The number of anilines is 1. The predicted molar refractivity (Wildman–Crippen MR) is 123 cm³/mol. The molecule has 0 fully saturated rings. The van der Waals surface area contributed by atoms with Gasteiger partial charge in [-0.05, 0) is 59.7 Å². The maximum absolute atomic E-state index is 12.5. The third kappa shape index (κ3) is 5.87. The van der Waals surface area contributed by atoms with Crippen molar-refractivity contribution in [2.24, 2.45) is 0 Å². The van der Waals surface area contributed by atoms with Crippen LogP contribution >= 0.6 is 23.2 Å². The monoisotopic (exact) mass is 451 g/mol. The summed E-state index contributed by atoms with van der Waals surface area (Å²) in [6.07, 6.45) is 1.81. The molecule has 1 N–H and O–H groups in total. The summed E-state index contributed by atoms with van der Waals surface area (Å²) in [5.41, 5.74) is 2.53. The van der Waals surface area contributed by atoms with E-state index in [1.54, 1.807) is 35.0 Å². The second-order valence-corrected chi connectivity index (χ2v) is 7.79. The number of carbonyl (C=O) groups is 1. The summed E-state index contributed by atoms with van der Waals surface area (Å²) in [6.45, 7) is 0.968. The zero-order chi connectivity index (χ0) is 21.6. The zero-order valence-corrected chi connectivity index (χ0v) is 18.0. The van der Waals surface area contributed by atoms with Gasteiger partial charge in [0.15, 0.2) is 5.82 Å². The van der Waals surface area contributed by atoms with Crippen LogP contribution in [0.25, 0.3) is 0 Å². The van der Waals surface area contributed by atoms with Gasteiger partial charge < -0.3 is 10.1 Å². The van der Waals surface area contributed by atoms with Crippen molar-refractivity contribution in [2.45, 2.75) is 13.2 Å². The fraction of sp³-hybridized carbons (Fsp3) is 0.0833. The highest BCUT2D eigenvalue weighted by Gasteiger charge is 2.09. The highest BCUT2D eigenvalue weighted by atomic mass is 35.5. The first kappa shape index (κ1) is 21.0. The second-order valence-electron chi connectivity index (χ2n) is 6.92. The molecule has 5 nitrogen and oxygen atoms in total. The number of carbonyl (C=O) groups excluding carboxylic acids is 1. The maximum atomic E-state index is 12.5. The molecule has 156 valence electrons. The normalized spacial score (nSPS) is 10.6. The molecule has 1 amide bonds. The molecule has 3 aromatic carbocycles. The van der Waals surface area contributed by atoms with Crippen molar-refractivity contribution in [1.29, 1.82) is 0 Å². The van der Waals surface area contributed by atoms with Crippen LogP contribution in [0.15, 0.2) is 85.1 Å². The van der Waals surface area contributed by atoms with Crippen LogP contribution in [0.4, 0.5) is 5.82 Å². The molecule has 0 bridgehead atoms. The highest BCUT2D eigenvalue weighted by Crippen LogP contribution is 2.17. The van der Waals surface area contributed by atoms with Crippen molar-refractivity contribution in [3.63, 3.8) is 0 Å². The molecule has 4 aromatic rings. The van der Waals surface area contributed by atoms with Crippen molar-refractivity contribution in [3.8, 4) is 5.75 Å². The molecular formula is C24H19Cl2N3O2. The number of aromatic nitrogens is 2. The number of nitrogens with zero attached hydrogens (tertiary/aromatic N) is 2. The lowest BCUT2D eigenvalue weighted by Crippen LogP contribution is -2.13. The third-order valence-electron chi connectivity index (χ3n) is 4.55. The Balaban J connectivity index is 1.32. The van der Waals surface area contributed by atoms with E-state index in [0.29, 0.717) is 34.6 Å². The quantitative estimate of drug-likeness (QED) is 0.370. The van der Waals surface area contributed by atoms with Gasteiger partial charge in [0.25, 0.3) is 5.91 Å². The lowest BCUT2D eigenvalue weighted by Gasteiger charge is -2.07. The molecule has 4 rings (SSSR count). The van der Waals surface area contributed by atoms with Crippen LogP contribution in [0.2, 0.25) is 10.0 Å². The zero-order valence-electron chi connectivity index (χ0n) is 16.5. The van der Waals surface area contributed by atoms with Crippen LogP contribution in [0.1, 0.15) is 21.5 Å². The lowest BCUT2D eigenvalue weighted by molar-refractivity contribution is 0.102. The minimum absolute atomic E-state index is 0.224. The van der Waals surface area contributed by atoms with Crippen molar-refractivity contribution in [2.75, 3.05) is 5.32 Å². The molecule has 0 spiro atoms. The van der Waals surface area contributed by atoms with E-state index < -0.39 is 0 Å². The highest BCUT2D eigenvalue weighted by molar-refractivity contribution is 6.30. The van der Waals surface area contributed by atoms with E-state index in [2.05, 4.69) is 10.4 Å². The van der Waals surface area contributed by atoms with E-state index in [9.17, 15) is 4.79 Å². The Hall–Kier alpha value is -3.28. The fourth-order valence-electron chi connectivity index (χ4n) is 2.98. The Morgan fingerprint density at radius 3 is 2.42 bits per heavy atom. The molecular weight excluding hydrogens is 433 g/mol. The number of benzene rings is 3. The number of halogens is 2. The molecule has 31 heavy (non-hydrogen) atoms. The van der Waals surface area contributed by atoms with Crippen molar-refractivity contribution >= 4 is 34.9 Å². The van der Waals surface area contributed by atoms with Gasteiger partial charge in [0.1, 0.15) is 12.4 Å². The van der Waals surface area contributed by atoms with Gasteiger partial charge in [0.2, 0.25) is 0 Å². The number of hydrogen-bond donors (Lipinski definition) is 1. The van der Waals surface area contributed by atoms with Crippen LogP contribution in [0.3, 0.4) is 0 Å². The molecule has 0 aliphatic heterocycles. The van der Waals surface area contributed by atoms with Gasteiger partial charge in [-0.15, -0.1) is 0 Å². The van der Waals surface area contributed by atoms with Crippen LogP contribution in [0, 0.1) is 0 Å². The Morgan fingerprint density at radius 2 is 1.68 bits per heavy atom. The van der Waals surface area contributed by atoms with Gasteiger partial charge >= 0.3 is 0 Å². The van der Waals surface area contributed by atoms with Crippen LogP contribution in [-0.2, 0) is 13.2 Å². The van der Waals surface area contributed by atoms with Gasteiger partial charge in [-0.25, -0.2) is 0 Å². The first-order valence-electron chi connectivity index (χ1n) is 9.62. The number of hydrogen-bond acceptors (Lipinski definition) is 3. The van der Waals surface area contributed by atoms with E-state index in [4.69, 9.17) is 27.9 Å². The number of rotatable bonds is 7. The molecule has 7 heteroatoms. The number of amides is 1. The summed E-state index contributed by atoms with van der Waals surface area (Å²) in [5.74, 6) is 1.000. The first-order valence-corrected chi connectivity index (χ1v) is 10.4. The molecule has 0 unspecified atom stereocenters. The Morgan fingerprint density at radius 1 is 0.903 bits per heavy atom. The summed E-state index contributed by atoms with van der Waals surface area (Å²) in [5, 5.41) is 8.56. The molecule has 1 aromatic heterocycles. The van der Waals surface area contributed by atoms with Gasteiger partial charge in [-0.3, -0.25) is 9.48 Å². The van der Waals surface area contributed by atoms with E-state index in [1.165, 1.54) is 0 Å². The van der Waals surface area contributed by atoms with Crippen molar-refractivity contribution < 1.29 is 9.53 Å².